The van der Waals surface area contributed by atoms with Crippen LogP contribution in [0.4, 0.5) is 5.69 Å². The fourth-order valence-electron chi connectivity index (χ4n) is 3.01. The number of hydrogen-bond donors (Lipinski definition) is 1. The number of unbranched alkanes of at least 4 members (excludes halogenated alkanes) is 2. The number of hydrogen-bond acceptors (Lipinski definition) is 6. The van der Waals surface area contributed by atoms with E-state index in [-0.39, 0.29) is 18.1 Å². The SMILES string of the molecule is CCCCCC(=O)NCc1nnc(SCc2ccccc2)n1-c1ccc([N+](=O)[O-])cc1. The molecule has 3 aromatic rings. The molecular formula is C22H25N5O3S. The van der Waals surface area contributed by atoms with Crippen LogP contribution < -0.4 is 5.32 Å². The van der Waals surface area contributed by atoms with E-state index in [2.05, 4.69) is 22.4 Å². The van der Waals surface area contributed by atoms with Gasteiger partial charge in [0.15, 0.2) is 11.0 Å². The van der Waals surface area contributed by atoms with E-state index < -0.39 is 4.92 Å². The largest absolute Gasteiger partial charge is 0.349 e. The fraction of sp³-hybridized carbons (Fsp3) is 0.318. The Morgan fingerprint density at radius 1 is 1.10 bits per heavy atom. The molecule has 0 spiro atoms. The minimum absolute atomic E-state index is 0.0149. The molecule has 0 aliphatic carbocycles. The molecule has 9 heteroatoms. The molecule has 31 heavy (non-hydrogen) atoms. The number of aromatic nitrogens is 3. The summed E-state index contributed by atoms with van der Waals surface area (Å²) in [6, 6.07) is 16.2. The molecule has 1 N–H and O–H groups in total. The maximum absolute atomic E-state index is 12.1. The first-order chi connectivity index (χ1) is 15.1. The molecule has 0 aliphatic heterocycles. The van der Waals surface area contributed by atoms with Crippen molar-refractivity contribution in [2.45, 2.75) is 50.1 Å². The van der Waals surface area contributed by atoms with Gasteiger partial charge in [0.2, 0.25) is 5.91 Å². The van der Waals surface area contributed by atoms with Crippen LogP contribution in [0.15, 0.2) is 59.8 Å². The highest BCUT2D eigenvalue weighted by Gasteiger charge is 2.16. The van der Waals surface area contributed by atoms with Crippen LogP contribution in [0.25, 0.3) is 5.69 Å². The lowest BCUT2D eigenvalue weighted by Crippen LogP contribution is -2.24. The van der Waals surface area contributed by atoms with Crippen molar-refractivity contribution in [3.8, 4) is 5.69 Å². The van der Waals surface area contributed by atoms with Gasteiger partial charge in [0.1, 0.15) is 0 Å². The summed E-state index contributed by atoms with van der Waals surface area (Å²) >= 11 is 1.52. The number of rotatable bonds is 11. The van der Waals surface area contributed by atoms with Crippen molar-refractivity contribution in [1.82, 2.24) is 20.1 Å². The molecule has 0 saturated heterocycles. The summed E-state index contributed by atoms with van der Waals surface area (Å²) in [7, 11) is 0. The molecular weight excluding hydrogens is 414 g/mol. The molecule has 0 fully saturated rings. The van der Waals surface area contributed by atoms with Crippen LogP contribution in [0.2, 0.25) is 0 Å². The standard InChI is InChI=1S/C22H25N5O3S/c1-2-3-5-10-21(28)23-15-20-24-25-22(31-16-17-8-6-4-7-9-17)26(20)18-11-13-19(14-12-18)27(29)30/h4,6-9,11-14H,2-3,5,10,15-16H2,1H3,(H,23,28). The average Bonchev–Trinajstić information content (AvgIpc) is 3.20. The lowest BCUT2D eigenvalue weighted by molar-refractivity contribution is -0.384. The zero-order chi connectivity index (χ0) is 22.1. The van der Waals surface area contributed by atoms with Crippen LogP contribution in [-0.2, 0) is 17.1 Å². The first kappa shape index (κ1) is 22.5. The Kier molecular flexibility index (Phi) is 8.17. The number of carbonyl (C=O) groups excluding carboxylic acids is 1. The molecule has 0 bridgehead atoms. The number of carbonyl (C=O) groups is 1. The Hall–Kier alpha value is -3.20. The smallest absolute Gasteiger partial charge is 0.269 e. The Morgan fingerprint density at radius 3 is 2.52 bits per heavy atom. The highest BCUT2D eigenvalue weighted by Crippen LogP contribution is 2.26. The first-order valence-corrected chi connectivity index (χ1v) is 11.2. The highest BCUT2D eigenvalue weighted by molar-refractivity contribution is 7.98. The molecule has 8 nitrogen and oxygen atoms in total. The van der Waals surface area contributed by atoms with Gasteiger partial charge < -0.3 is 5.32 Å². The summed E-state index contributed by atoms with van der Waals surface area (Å²) in [5.74, 6) is 1.26. The Bertz CT molecular complexity index is 1010. The Labute approximate surface area is 185 Å². The predicted molar refractivity (Wildman–Crippen MR) is 120 cm³/mol. The zero-order valence-corrected chi connectivity index (χ0v) is 18.2. The molecule has 1 amide bonds. The second-order valence-electron chi connectivity index (χ2n) is 7.02. The highest BCUT2D eigenvalue weighted by atomic mass is 32.2. The Morgan fingerprint density at radius 2 is 1.84 bits per heavy atom. The van der Waals surface area contributed by atoms with E-state index in [4.69, 9.17) is 0 Å². The quantitative estimate of drug-likeness (QED) is 0.202. The number of nitro benzene ring substituents is 1. The third kappa shape index (κ3) is 6.39. The van der Waals surface area contributed by atoms with Gasteiger partial charge >= 0.3 is 0 Å². The summed E-state index contributed by atoms with van der Waals surface area (Å²) in [5.41, 5.74) is 1.87. The lowest BCUT2D eigenvalue weighted by atomic mass is 10.2. The van der Waals surface area contributed by atoms with Crippen LogP contribution in [0.3, 0.4) is 0 Å². The minimum atomic E-state index is -0.432. The van der Waals surface area contributed by atoms with Gasteiger partial charge in [0, 0.05) is 30.0 Å². The normalized spacial score (nSPS) is 10.7. The maximum atomic E-state index is 12.1. The van der Waals surface area contributed by atoms with Gasteiger partial charge in [0.25, 0.3) is 5.69 Å². The summed E-state index contributed by atoms with van der Waals surface area (Å²) in [6.07, 6.45) is 3.42. The molecule has 0 radical (unpaired) electrons. The number of nitro groups is 1. The van der Waals surface area contributed by atoms with Crippen molar-refractivity contribution in [2.24, 2.45) is 0 Å². The van der Waals surface area contributed by atoms with E-state index in [1.54, 1.807) is 12.1 Å². The van der Waals surface area contributed by atoms with E-state index in [0.717, 1.165) is 24.8 Å². The van der Waals surface area contributed by atoms with Gasteiger partial charge in [-0.1, -0.05) is 61.9 Å². The minimum Gasteiger partial charge on any atom is -0.349 e. The van der Waals surface area contributed by atoms with E-state index in [1.807, 2.05) is 34.9 Å². The summed E-state index contributed by atoms with van der Waals surface area (Å²) in [5, 5.41) is 23.1. The zero-order valence-electron chi connectivity index (χ0n) is 17.4. The number of benzene rings is 2. The molecule has 3 rings (SSSR count). The van der Waals surface area contributed by atoms with Crippen LogP contribution in [-0.4, -0.2) is 25.6 Å². The molecule has 1 heterocycles. The molecule has 0 aliphatic rings. The first-order valence-electron chi connectivity index (χ1n) is 10.2. The molecule has 0 unspecified atom stereocenters. The number of thioether (sulfide) groups is 1. The molecule has 0 saturated carbocycles. The molecule has 2 aromatic carbocycles. The molecule has 0 atom stereocenters. The number of non-ortho nitro benzene ring substituents is 1. The van der Waals surface area contributed by atoms with Crippen LogP contribution in [0, 0.1) is 10.1 Å². The van der Waals surface area contributed by atoms with E-state index >= 15 is 0 Å². The van der Waals surface area contributed by atoms with Gasteiger partial charge in [-0.25, -0.2) is 0 Å². The van der Waals surface area contributed by atoms with Crippen molar-refractivity contribution in [2.75, 3.05) is 0 Å². The topological polar surface area (TPSA) is 103 Å². The second kappa shape index (κ2) is 11.3. The fourth-order valence-corrected chi connectivity index (χ4v) is 3.94. The van der Waals surface area contributed by atoms with Gasteiger partial charge in [-0.15, -0.1) is 10.2 Å². The summed E-state index contributed by atoms with van der Waals surface area (Å²) in [6.45, 7) is 2.33. The summed E-state index contributed by atoms with van der Waals surface area (Å²) in [4.78, 5) is 22.7. The maximum Gasteiger partial charge on any atom is 0.269 e. The van der Waals surface area contributed by atoms with Crippen molar-refractivity contribution >= 4 is 23.4 Å². The second-order valence-corrected chi connectivity index (χ2v) is 7.96. The van der Waals surface area contributed by atoms with Crippen molar-refractivity contribution < 1.29 is 9.72 Å². The third-order valence-electron chi connectivity index (χ3n) is 4.68. The van der Waals surface area contributed by atoms with E-state index in [1.165, 1.54) is 23.9 Å². The number of amides is 1. The van der Waals surface area contributed by atoms with Crippen LogP contribution in [0.5, 0.6) is 0 Å². The van der Waals surface area contributed by atoms with Crippen LogP contribution >= 0.6 is 11.8 Å². The monoisotopic (exact) mass is 439 g/mol. The lowest BCUT2D eigenvalue weighted by Gasteiger charge is -2.11. The predicted octanol–water partition coefficient (Wildman–Crippen LogP) is 4.66. The molecule has 162 valence electrons. The van der Waals surface area contributed by atoms with Gasteiger partial charge in [-0.05, 0) is 24.1 Å². The van der Waals surface area contributed by atoms with Gasteiger partial charge in [-0.3, -0.25) is 19.5 Å². The van der Waals surface area contributed by atoms with Gasteiger partial charge in [0.05, 0.1) is 11.5 Å². The van der Waals surface area contributed by atoms with E-state index in [9.17, 15) is 14.9 Å². The summed E-state index contributed by atoms with van der Waals surface area (Å²) < 4.78 is 1.84. The van der Waals surface area contributed by atoms with Crippen molar-refractivity contribution in [3.05, 3.63) is 76.1 Å². The number of nitrogens with one attached hydrogen (secondary N) is 1. The van der Waals surface area contributed by atoms with Crippen molar-refractivity contribution in [3.63, 3.8) is 0 Å². The molecule has 1 aromatic heterocycles. The van der Waals surface area contributed by atoms with Crippen molar-refractivity contribution in [1.29, 1.82) is 0 Å². The third-order valence-corrected chi connectivity index (χ3v) is 5.68. The number of nitrogens with zero attached hydrogens (tertiary/aromatic N) is 4. The Balaban J connectivity index is 1.79. The van der Waals surface area contributed by atoms with E-state index in [0.29, 0.717) is 28.8 Å². The average molecular weight is 440 g/mol. The van der Waals surface area contributed by atoms with Gasteiger partial charge in [-0.2, -0.15) is 0 Å². The van der Waals surface area contributed by atoms with Crippen LogP contribution in [0.1, 0.15) is 44.0 Å².